The topological polar surface area (TPSA) is 15.3 Å². The van der Waals surface area contributed by atoms with E-state index in [0.29, 0.717) is 6.04 Å². The maximum absolute atomic E-state index is 12.8. The highest BCUT2D eigenvalue weighted by Gasteiger charge is 2.27. The molecular weight excluding hydrogens is 215 g/mol. The molecule has 1 saturated heterocycles. The van der Waals surface area contributed by atoms with Crippen molar-refractivity contribution in [3.63, 3.8) is 0 Å². The molecule has 17 heavy (non-hydrogen) atoms. The molecule has 0 atom stereocenters. The number of anilines is 1. The Balaban J connectivity index is 1.54. The van der Waals surface area contributed by atoms with E-state index in [0.717, 1.165) is 24.8 Å². The number of halogens is 1. The van der Waals surface area contributed by atoms with Crippen LogP contribution in [0.3, 0.4) is 0 Å². The van der Waals surface area contributed by atoms with Crippen molar-refractivity contribution in [2.45, 2.75) is 37.8 Å². The number of hydrogen-bond acceptors (Lipinski definition) is 2. The van der Waals surface area contributed by atoms with Gasteiger partial charge in [-0.05, 0) is 49.9 Å². The number of benzene rings is 1. The summed E-state index contributed by atoms with van der Waals surface area (Å²) in [7, 11) is 0. The highest BCUT2D eigenvalue weighted by atomic mass is 19.1. The van der Waals surface area contributed by atoms with Crippen molar-refractivity contribution in [3.05, 3.63) is 30.1 Å². The van der Waals surface area contributed by atoms with E-state index in [2.05, 4.69) is 10.2 Å². The molecule has 1 saturated carbocycles. The SMILES string of the molecule is Fc1ccc(N2CCC(NC3CC3)CC2)cc1. The zero-order chi connectivity index (χ0) is 11.7. The second-order valence-electron chi connectivity index (χ2n) is 5.18. The molecule has 0 bridgehead atoms. The van der Waals surface area contributed by atoms with E-state index in [-0.39, 0.29) is 5.82 Å². The third kappa shape index (κ3) is 2.78. The summed E-state index contributed by atoms with van der Waals surface area (Å²) < 4.78 is 12.8. The van der Waals surface area contributed by atoms with Gasteiger partial charge in [-0.15, -0.1) is 0 Å². The van der Waals surface area contributed by atoms with Crippen molar-refractivity contribution in [3.8, 4) is 0 Å². The van der Waals surface area contributed by atoms with Crippen molar-refractivity contribution in [2.75, 3.05) is 18.0 Å². The maximum atomic E-state index is 12.8. The molecule has 1 aliphatic heterocycles. The van der Waals surface area contributed by atoms with E-state index in [4.69, 9.17) is 0 Å². The van der Waals surface area contributed by atoms with Gasteiger partial charge in [0.15, 0.2) is 0 Å². The lowest BCUT2D eigenvalue weighted by Gasteiger charge is -2.34. The first kappa shape index (κ1) is 11.0. The Morgan fingerprint density at radius 2 is 1.53 bits per heavy atom. The summed E-state index contributed by atoms with van der Waals surface area (Å²) in [6.07, 6.45) is 5.12. The van der Waals surface area contributed by atoms with Gasteiger partial charge >= 0.3 is 0 Å². The van der Waals surface area contributed by atoms with Gasteiger partial charge in [0, 0.05) is 30.9 Å². The van der Waals surface area contributed by atoms with Crippen LogP contribution in [0.1, 0.15) is 25.7 Å². The molecule has 92 valence electrons. The molecule has 1 heterocycles. The Morgan fingerprint density at radius 3 is 2.12 bits per heavy atom. The van der Waals surface area contributed by atoms with E-state index in [1.165, 1.54) is 25.7 Å². The summed E-state index contributed by atoms with van der Waals surface area (Å²) in [6.45, 7) is 2.16. The van der Waals surface area contributed by atoms with Crippen LogP contribution in [0.25, 0.3) is 0 Å². The molecule has 2 fully saturated rings. The summed E-state index contributed by atoms with van der Waals surface area (Å²) in [5.41, 5.74) is 1.15. The molecule has 3 heteroatoms. The second kappa shape index (κ2) is 4.65. The van der Waals surface area contributed by atoms with Crippen molar-refractivity contribution in [1.29, 1.82) is 0 Å². The third-order valence-electron chi connectivity index (χ3n) is 3.74. The van der Waals surface area contributed by atoms with Crippen LogP contribution in [0.2, 0.25) is 0 Å². The summed E-state index contributed by atoms with van der Waals surface area (Å²) in [5.74, 6) is -0.154. The van der Waals surface area contributed by atoms with Crippen LogP contribution in [0.4, 0.5) is 10.1 Å². The van der Waals surface area contributed by atoms with Crippen LogP contribution in [-0.2, 0) is 0 Å². The Labute approximate surface area is 102 Å². The minimum atomic E-state index is -0.154. The number of nitrogens with one attached hydrogen (secondary N) is 1. The lowest BCUT2D eigenvalue weighted by molar-refractivity contribution is 0.413. The first-order valence-corrected chi connectivity index (χ1v) is 6.58. The minimum absolute atomic E-state index is 0.154. The Kier molecular flexibility index (Phi) is 3.02. The van der Waals surface area contributed by atoms with Gasteiger partial charge in [0.25, 0.3) is 0 Å². The maximum Gasteiger partial charge on any atom is 0.123 e. The Bertz CT molecular complexity index is 364. The van der Waals surface area contributed by atoms with Gasteiger partial charge in [0.05, 0.1) is 0 Å². The lowest BCUT2D eigenvalue weighted by Crippen LogP contribution is -2.43. The summed E-state index contributed by atoms with van der Waals surface area (Å²) in [4.78, 5) is 2.35. The van der Waals surface area contributed by atoms with Crippen LogP contribution < -0.4 is 10.2 Å². The molecular formula is C14H19FN2. The number of piperidine rings is 1. The van der Waals surface area contributed by atoms with Crippen LogP contribution >= 0.6 is 0 Å². The largest absolute Gasteiger partial charge is 0.371 e. The Hall–Kier alpha value is -1.09. The Morgan fingerprint density at radius 1 is 0.941 bits per heavy atom. The average Bonchev–Trinajstić information content (AvgIpc) is 3.15. The standard InChI is InChI=1S/C14H19FN2/c15-11-1-5-14(6-2-11)17-9-7-13(8-10-17)16-12-3-4-12/h1-2,5-6,12-13,16H,3-4,7-10H2. The van der Waals surface area contributed by atoms with Crippen LogP contribution in [0.15, 0.2) is 24.3 Å². The number of hydrogen-bond donors (Lipinski definition) is 1. The van der Waals surface area contributed by atoms with E-state index >= 15 is 0 Å². The molecule has 0 amide bonds. The van der Waals surface area contributed by atoms with Gasteiger partial charge in [-0.25, -0.2) is 4.39 Å². The molecule has 3 rings (SSSR count). The summed E-state index contributed by atoms with van der Waals surface area (Å²) in [5, 5.41) is 3.69. The molecule has 0 aromatic heterocycles. The molecule has 1 aromatic carbocycles. The zero-order valence-electron chi connectivity index (χ0n) is 10.0. The predicted octanol–water partition coefficient (Wildman–Crippen LogP) is 2.55. The van der Waals surface area contributed by atoms with E-state index < -0.39 is 0 Å². The van der Waals surface area contributed by atoms with Crippen molar-refractivity contribution >= 4 is 5.69 Å². The van der Waals surface area contributed by atoms with Gasteiger partial charge < -0.3 is 10.2 Å². The third-order valence-corrected chi connectivity index (χ3v) is 3.74. The second-order valence-corrected chi connectivity index (χ2v) is 5.18. The fraction of sp³-hybridized carbons (Fsp3) is 0.571. The van der Waals surface area contributed by atoms with Gasteiger partial charge in [-0.2, -0.15) is 0 Å². The van der Waals surface area contributed by atoms with Crippen molar-refractivity contribution in [2.24, 2.45) is 0 Å². The predicted molar refractivity (Wildman–Crippen MR) is 67.8 cm³/mol. The average molecular weight is 234 g/mol. The van der Waals surface area contributed by atoms with Crippen LogP contribution in [0, 0.1) is 5.82 Å². The first-order valence-electron chi connectivity index (χ1n) is 6.58. The molecule has 2 aliphatic rings. The quantitative estimate of drug-likeness (QED) is 0.864. The van der Waals surface area contributed by atoms with Gasteiger partial charge in [-0.3, -0.25) is 0 Å². The minimum Gasteiger partial charge on any atom is -0.371 e. The lowest BCUT2D eigenvalue weighted by atomic mass is 10.0. The van der Waals surface area contributed by atoms with Crippen LogP contribution in [-0.4, -0.2) is 25.2 Å². The fourth-order valence-electron chi connectivity index (χ4n) is 2.54. The number of nitrogens with zero attached hydrogens (tertiary/aromatic N) is 1. The van der Waals surface area contributed by atoms with E-state index in [1.807, 2.05) is 12.1 Å². The monoisotopic (exact) mass is 234 g/mol. The van der Waals surface area contributed by atoms with Crippen molar-refractivity contribution < 1.29 is 4.39 Å². The van der Waals surface area contributed by atoms with E-state index in [1.54, 1.807) is 12.1 Å². The molecule has 0 unspecified atom stereocenters. The smallest absolute Gasteiger partial charge is 0.123 e. The molecule has 1 aromatic rings. The number of rotatable bonds is 3. The molecule has 0 radical (unpaired) electrons. The summed E-state index contributed by atoms with van der Waals surface area (Å²) >= 11 is 0. The highest BCUT2D eigenvalue weighted by molar-refractivity contribution is 5.46. The molecule has 2 nitrogen and oxygen atoms in total. The zero-order valence-corrected chi connectivity index (χ0v) is 10.0. The molecule has 0 spiro atoms. The first-order chi connectivity index (χ1) is 8.31. The normalized spacial score (nSPS) is 21.8. The molecule has 1 N–H and O–H groups in total. The fourth-order valence-corrected chi connectivity index (χ4v) is 2.54. The van der Waals surface area contributed by atoms with E-state index in [9.17, 15) is 4.39 Å². The molecule has 1 aliphatic carbocycles. The van der Waals surface area contributed by atoms with Gasteiger partial charge in [0.1, 0.15) is 5.82 Å². The van der Waals surface area contributed by atoms with Gasteiger partial charge in [0.2, 0.25) is 0 Å². The van der Waals surface area contributed by atoms with Crippen LogP contribution in [0.5, 0.6) is 0 Å². The van der Waals surface area contributed by atoms with Gasteiger partial charge in [-0.1, -0.05) is 0 Å². The highest BCUT2D eigenvalue weighted by Crippen LogP contribution is 2.24. The summed E-state index contributed by atoms with van der Waals surface area (Å²) in [6, 6.07) is 8.35. The van der Waals surface area contributed by atoms with Crippen molar-refractivity contribution in [1.82, 2.24) is 5.32 Å².